The molecule has 0 aliphatic rings. The Labute approximate surface area is 79.6 Å². The van der Waals surface area contributed by atoms with Gasteiger partial charge in [0.2, 0.25) is 0 Å². The minimum Gasteiger partial charge on any atom is -0.508 e. The number of hydrogen-bond acceptors (Lipinski definition) is 3. The van der Waals surface area contributed by atoms with Gasteiger partial charge in [-0.25, -0.2) is 0 Å². The van der Waals surface area contributed by atoms with Crippen molar-refractivity contribution in [3.05, 3.63) is 46.5 Å². The summed E-state index contributed by atoms with van der Waals surface area (Å²) in [6.45, 7) is 0. The van der Waals surface area contributed by atoms with E-state index in [9.17, 15) is 15.2 Å². The first-order chi connectivity index (χ1) is 6.66. The fourth-order valence-electron chi connectivity index (χ4n) is 1.33. The predicted molar refractivity (Wildman–Crippen MR) is 52.3 cm³/mol. The molecule has 4 heteroatoms. The van der Waals surface area contributed by atoms with Gasteiger partial charge in [0.1, 0.15) is 5.75 Å². The van der Waals surface area contributed by atoms with Gasteiger partial charge in [-0.1, -0.05) is 6.07 Å². The van der Waals surface area contributed by atoms with E-state index in [4.69, 9.17) is 0 Å². The number of fused-ring (bicyclic) bond motifs is 1. The summed E-state index contributed by atoms with van der Waals surface area (Å²) >= 11 is 0. The number of nitrogens with zero attached hydrogens (tertiary/aromatic N) is 1. The van der Waals surface area contributed by atoms with Crippen LogP contribution in [0.1, 0.15) is 0 Å². The quantitative estimate of drug-likeness (QED) is 0.553. The van der Waals surface area contributed by atoms with Gasteiger partial charge >= 0.3 is 0 Å². The molecule has 0 aliphatic carbocycles. The Hall–Kier alpha value is -2.10. The maximum absolute atomic E-state index is 10.5. The number of phenols is 1. The van der Waals surface area contributed by atoms with Crippen molar-refractivity contribution >= 4 is 16.5 Å². The lowest BCUT2D eigenvalue weighted by Gasteiger charge is -1.98. The van der Waals surface area contributed by atoms with E-state index in [0.717, 1.165) is 10.8 Å². The second-order valence-electron chi connectivity index (χ2n) is 2.97. The Bertz CT molecular complexity index is 508. The van der Waals surface area contributed by atoms with Crippen molar-refractivity contribution in [2.24, 2.45) is 0 Å². The molecule has 0 amide bonds. The van der Waals surface area contributed by atoms with Crippen molar-refractivity contribution in [1.82, 2.24) is 0 Å². The molecule has 2 aromatic rings. The largest absolute Gasteiger partial charge is 0.508 e. The van der Waals surface area contributed by atoms with Crippen molar-refractivity contribution in [1.29, 1.82) is 0 Å². The summed E-state index contributed by atoms with van der Waals surface area (Å²) < 4.78 is 0. The first-order valence-corrected chi connectivity index (χ1v) is 4.04. The minimum atomic E-state index is -0.438. The van der Waals surface area contributed by atoms with Crippen LogP contribution in [0.15, 0.2) is 36.4 Å². The van der Waals surface area contributed by atoms with Gasteiger partial charge in [-0.2, -0.15) is 0 Å². The number of aromatic hydroxyl groups is 1. The van der Waals surface area contributed by atoms with E-state index in [-0.39, 0.29) is 11.4 Å². The zero-order chi connectivity index (χ0) is 10.1. The second kappa shape index (κ2) is 2.99. The fraction of sp³-hybridized carbons (Fsp3) is 0. The van der Waals surface area contributed by atoms with Crippen LogP contribution in [0, 0.1) is 10.1 Å². The highest BCUT2D eigenvalue weighted by atomic mass is 16.6. The molecule has 0 spiro atoms. The van der Waals surface area contributed by atoms with E-state index in [1.54, 1.807) is 18.2 Å². The Morgan fingerprint density at radius 3 is 2.43 bits per heavy atom. The highest BCUT2D eigenvalue weighted by Crippen LogP contribution is 2.23. The van der Waals surface area contributed by atoms with Gasteiger partial charge in [-0.3, -0.25) is 10.1 Å². The highest BCUT2D eigenvalue weighted by molar-refractivity contribution is 5.85. The Morgan fingerprint density at radius 1 is 1.07 bits per heavy atom. The van der Waals surface area contributed by atoms with E-state index >= 15 is 0 Å². The first kappa shape index (κ1) is 8.50. The Balaban J connectivity index is 2.67. The molecule has 2 rings (SSSR count). The molecule has 0 heterocycles. The molecule has 1 N–H and O–H groups in total. The van der Waals surface area contributed by atoms with Crippen LogP contribution in [-0.4, -0.2) is 10.0 Å². The second-order valence-corrected chi connectivity index (χ2v) is 2.97. The highest BCUT2D eigenvalue weighted by Gasteiger charge is 2.05. The zero-order valence-electron chi connectivity index (χ0n) is 7.18. The smallest absolute Gasteiger partial charge is 0.270 e. The van der Waals surface area contributed by atoms with Gasteiger partial charge < -0.3 is 5.11 Å². The van der Waals surface area contributed by atoms with Gasteiger partial charge in [0.25, 0.3) is 5.69 Å². The van der Waals surface area contributed by atoms with Crippen LogP contribution in [-0.2, 0) is 0 Å². The van der Waals surface area contributed by atoms with Crippen molar-refractivity contribution < 1.29 is 10.0 Å². The molecule has 0 bridgehead atoms. The third kappa shape index (κ3) is 1.37. The number of non-ortho nitro benzene ring substituents is 1. The molecule has 14 heavy (non-hydrogen) atoms. The van der Waals surface area contributed by atoms with Crippen LogP contribution >= 0.6 is 0 Å². The fourth-order valence-corrected chi connectivity index (χ4v) is 1.33. The summed E-state index contributed by atoms with van der Waals surface area (Å²) in [6, 6.07) is 9.24. The molecule has 0 radical (unpaired) electrons. The summed E-state index contributed by atoms with van der Waals surface area (Å²) in [5, 5.41) is 21.2. The first-order valence-electron chi connectivity index (χ1n) is 4.04. The molecule has 0 atom stereocenters. The average molecular weight is 189 g/mol. The standard InChI is InChI=1S/C10H7NO3/c12-10-4-2-7-5-9(11(13)14)3-1-8(7)6-10/h1-6,12H. The van der Waals surface area contributed by atoms with Gasteiger partial charge in [-0.15, -0.1) is 0 Å². The molecule has 0 fully saturated rings. The lowest BCUT2D eigenvalue weighted by atomic mass is 10.1. The minimum absolute atomic E-state index is 0.0585. The normalized spacial score (nSPS) is 10.3. The molecule has 4 nitrogen and oxygen atoms in total. The SMILES string of the molecule is O=[N+]([O-])c1ccc2cc(O)ccc2c1. The number of nitro groups is 1. The van der Waals surface area contributed by atoms with Crippen LogP contribution in [0.3, 0.4) is 0 Å². The van der Waals surface area contributed by atoms with Crippen LogP contribution in [0.2, 0.25) is 0 Å². The molecule has 0 saturated carbocycles. The third-order valence-electron chi connectivity index (χ3n) is 2.02. The van der Waals surface area contributed by atoms with E-state index in [1.807, 2.05) is 0 Å². The van der Waals surface area contributed by atoms with Crippen molar-refractivity contribution in [3.63, 3.8) is 0 Å². The van der Waals surface area contributed by atoms with Gasteiger partial charge in [0.15, 0.2) is 0 Å². The molecule has 0 aliphatic heterocycles. The van der Waals surface area contributed by atoms with Crippen molar-refractivity contribution in [2.45, 2.75) is 0 Å². The van der Waals surface area contributed by atoms with E-state index in [1.165, 1.54) is 18.2 Å². The third-order valence-corrected chi connectivity index (χ3v) is 2.02. The monoisotopic (exact) mass is 189 g/mol. The number of benzene rings is 2. The van der Waals surface area contributed by atoms with Crippen molar-refractivity contribution in [2.75, 3.05) is 0 Å². The summed E-state index contributed by atoms with van der Waals surface area (Å²) in [5.74, 6) is 0.159. The zero-order valence-corrected chi connectivity index (χ0v) is 7.18. The summed E-state index contributed by atoms with van der Waals surface area (Å²) in [7, 11) is 0. The summed E-state index contributed by atoms with van der Waals surface area (Å²) in [6.07, 6.45) is 0. The van der Waals surface area contributed by atoms with E-state index in [0.29, 0.717) is 0 Å². The van der Waals surface area contributed by atoms with Crippen LogP contribution in [0.25, 0.3) is 10.8 Å². The Morgan fingerprint density at radius 2 is 1.71 bits per heavy atom. The molecule has 0 unspecified atom stereocenters. The molecule has 0 aromatic heterocycles. The van der Waals surface area contributed by atoms with Gasteiger partial charge in [0, 0.05) is 12.1 Å². The maximum atomic E-state index is 10.5. The topological polar surface area (TPSA) is 63.4 Å². The van der Waals surface area contributed by atoms with Gasteiger partial charge in [-0.05, 0) is 29.0 Å². The van der Waals surface area contributed by atoms with E-state index < -0.39 is 4.92 Å². The molecule has 0 saturated heterocycles. The summed E-state index contributed by atoms with van der Waals surface area (Å²) in [5.41, 5.74) is 0.0585. The molecular weight excluding hydrogens is 182 g/mol. The average Bonchev–Trinajstić information content (AvgIpc) is 2.16. The molecule has 70 valence electrons. The van der Waals surface area contributed by atoms with Crippen LogP contribution in [0.5, 0.6) is 5.75 Å². The number of phenolic OH excluding ortho intramolecular Hbond substituents is 1. The lowest BCUT2D eigenvalue weighted by Crippen LogP contribution is -1.86. The number of hydrogen-bond donors (Lipinski definition) is 1. The van der Waals surface area contributed by atoms with Crippen LogP contribution in [0.4, 0.5) is 5.69 Å². The lowest BCUT2D eigenvalue weighted by molar-refractivity contribution is -0.384. The Kier molecular flexibility index (Phi) is 1.81. The van der Waals surface area contributed by atoms with Gasteiger partial charge in [0.05, 0.1) is 4.92 Å². The predicted octanol–water partition coefficient (Wildman–Crippen LogP) is 2.45. The number of rotatable bonds is 1. The number of nitro benzene ring substituents is 1. The van der Waals surface area contributed by atoms with E-state index in [2.05, 4.69) is 0 Å². The molecular formula is C10H7NO3. The van der Waals surface area contributed by atoms with Crippen molar-refractivity contribution in [3.8, 4) is 5.75 Å². The summed E-state index contributed by atoms with van der Waals surface area (Å²) in [4.78, 5) is 10.0. The molecule has 2 aromatic carbocycles. The maximum Gasteiger partial charge on any atom is 0.270 e. The van der Waals surface area contributed by atoms with Crippen LogP contribution < -0.4 is 0 Å².